The predicted molar refractivity (Wildman–Crippen MR) is 97.5 cm³/mol. The van der Waals surface area contributed by atoms with Crippen molar-refractivity contribution in [1.29, 1.82) is 0 Å². The SMILES string of the molecule is O=C(NCc1ccncc1)[C@@H]1C[C@H]2CCN(C(=O)CN3C(=O)CNC3=O)C[C@H]21. The monoisotopic (exact) mass is 385 g/mol. The van der Waals surface area contributed by atoms with Gasteiger partial charge in [-0.1, -0.05) is 0 Å². The molecule has 3 aliphatic rings. The van der Waals surface area contributed by atoms with Crippen LogP contribution in [-0.2, 0) is 20.9 Å². The van der Waals surface area contributed by atoms with Gasteiger partial charge < -0.3 is 15.5 Å². The lowest BCUT2D eigenvalue weighted by atomic mass is 9.61. The summed E-state index contributed by atoms with van der Waals surface area (Å²) < 4.78 is 0. The molecule has 9 heteroatoms. The van der Waals surface area contributed by atoms with E-state index in [4.69, 9.17) is 0 Å². The summed E-state index contributed by atoms with van der Waals surface area (Å²) in [6, 6.07) is 3.20. The van der Waals surface area contributed by atoms with E-state index >= 15 is 0 Å². The fraction of sp³-hybridized carbons (Fsp3) is 0.526. The Morgan fingerprint density at radius 2 is 2.04 bits per heavy atom. The van der Waals surface area contributed by atoms with Gasteiger partial charge in [0.25, 0.3) is 5.91 Å². The molecule has 2 N–H and O–H groups in total. The fourth-order valence-corrected chi connectivity index (χ4v) is 4.28. The maximum absolute atomic E-state index is 12.6. The Morgan fingerprint density at radius 3 is 2.75 bits per heavy atom. The Kier molecular flexibility index (Phi) is 4.97. The van der Waals surface area contributed by atoms with E-state index < -0.39 is 6.03 Å². The third-order valence-electron chi connectivity index (χ3n) is 6.02. The predicted octanol–water partition coefficient (Wildman–Crippen LogP) is -0.266. The van der Waals surface area contributed by atoms with Crippen molar-refractivity contribution < 1.29 is 19.2 Å². The smallest absolute Gasteiger partial charge is 0.325 e. The summed E-state index contributed by atoms with van der Waals surface area (Å²) in [5, 5.41) is 5.39. The molecule has 1 aliphatic carbocycles. The summed E-state index contributed by atoms with van der Waals surface area (Å²) in [6.07, 6.45) is 5.08. The molecule has 5 amide bonds. The molecule has 1 aromatic rings. The molecule has 1 aromatic heterocycles. The number of hydrogen-bond donors (Lipinski definition) is 2. The Bertz CT molecular complexity index is 783. The molecule has 148 valence electrons. The van der Waals surface area contributed by atoms with Crippen LogP contribution < -0.4 is 10.6 Å². The number of piperidine rings is 1. The van der Waals surface area contributed by atoms with E-state index in [0.29, 0.717) is 25.6 Å². The van der Waals surface area contributed by atoms with E-state index in [1.165, 1.54) is 0 Å². The second-order valence-corrected chi connectivity index (χ2v) is 7.61. The molecule has 2 aliphatic heterocycles. The number of hydrogen-bond acceptors (Lipinski definition) is 5. The topological polar surface area (TPSA) is 112 Å². The number of fused-ring (bicyclic) bond motifs is 1. The first-order valence-electron chi connectivity index (χ1n) is 9.55. The van der Waals surface area contributed by atoms with Crippen LogP contribution in [0.4, 0.5) is 4.79 Å². The summed E-state index contributed by atoms with van der Waals surface area (Å²) >= 11 is 0. The van der Waals surface area contributed by atoms with Crippen molar-refractivity contribution in [2.45, 2.75) is 19.4 Å². The Hall–Kier alpha value is -2.97. The van der Waals surface area contributed by atoms with Gasteiger partial charge in [-0.15, -0.1) is 0 Å². The highest BCUT2D eigenvalue weighted by Gasteiger charge is 2.48. The van der Waals surface area contributed by atoms with E-state index in [9.17, 15) is 19.2 Å². The number of amides is 5. The zero-order valence-corrected chi connectivity index (χ0v) is 15.5. The van der Waals surface area contributed by atoms with Crippen molar-refractivity contribution in [1.82, 2.24) is 25.4 Å². The average molecular weight is 385 g/mol. The number of likely N-dealkylation sites (tertiary alicyclic amines) is 1. The third-order valence-corrected chi connectivity index (χ3v) is 6.02. The van der Waals surface area contributed by atoms with Gasteiger partial charge in [-0.05, 0) is 42.4 Å². The molecular formula is C19H23N5O4. The lowest BCUT2D eigenvalue weighted by Gasteiger charge is -2.50. The first-order valence-corrected chi connectivity index (χ1v) is 9.55. The van der Waals surface area contributed by atoms with Gasteiger partial charge in [-0.3, -0.25) is 24.3 Å². The fourth-order valence-electron chi connectivity index (χ4n) is 4.28. The molecule has 0 unspecified atom stereocenters. The molecule has 0 bridgehead atoms. The number of aromatic nitrogens is 1. The van der Waals surface area contributed by atoms with E-state index in [1.807, 2.05) is 12.1 Å². The summed E-state index contributed by atoms with van der Waals surface area (Å²) in [4.78, 5) is 55.0. The molecule has 0 aromatic carbocycles. The third kappa shape index (κ3) is 3.56. The molecule has 3 heterocycles. The molecule has 28 heavy (non-hydrogen) atoms. The number of carbonyl (C=O) groups is 4. The Labute approximate surface area is 162 Å². The minimum Gasteiger partial charge on any atom is -0.352 e. The van der Waals surface area contributed by atoms with Crippen molar-refractivity contribution in [3.63, 3.8) is 0 Å². The average Bonchev–Trinajstić information content (AvgIpc) is 3.00. The van der Waals surface area contributed by atoms with Gasteiger partial charge in [0.2, 0.25) is 11.8 Å². The second-order valence-electron chi connectivity index (χ2n) is 7.61. The lowest BCUT2D eigenvalue weighted by molar-refractivity contribution is -0.146. The highest BCUT2D eigenvalue weighted by atomic mass is 16.2. The molecule has 2 saturated heterocycles. The molecular weight excluding hydrogens is 362 g/mol. The minimum absolute atomic E-state index is 0.0152. The van der Waals surface area contributed by atoms with Gasteiger partial charge in [-0.2, -0.15) is 0 Å². The number of carbonyl (C=O) groups excluding carboxylic acids is 4. The van der Waals surface area contributed by atoms with E-state index in [0.717, 1.165) is 23.3 Å². The van der Waals surface area contributed by atoms with Crippen molar-refractivity contribution in [2.24, 2.45) is 17.8 Å². The minimum atomic E-state index is -0.523. The summed E-state index contributed by atoms with van der Waals surface area (Å²) in [5.41, 5.74) is 0.994. The molecule has 3 atom stereocenters. The molecule has 0 spiro atoms. The number of nitrogens with zero attached hydrogens (tertiary/aromatic N) is 3. The van der Waals surface area contributed by atoms with Crippen LogP contribution in [0.25, 0.3) is 0 Å². The van der Waals surface area contributed by atoms with E-state index in [2.05, 4.69) is 15.6 Å². The summed E-state index contributed by atoms with van der Waals surface area (Å²) in [6.45, 7) is 1.27. The maximum Gasteiger partial charge on any atom is 0.325 e. The molecule has 3 fully saturated rings. The molecule has 9 nitrogen and oxygen atoms in total. The first-order chi connectivity index (χ1) is 13.5. The highest BCUT2D eigenvalue weighted by molar-refractivity contribution is 6.04. The second kappa shape index (κ2) is 7.57. The van der Waals surface area contributed by atoms with Crippen LogP contribution in [0.5, 0.6) is 0 Å². The van der Waals surface area contributed by atoms with Crippen LogP contribution in [0.15, 0.2) is 24.5 Å². The number of rotatable bonds is 5. The van der Waals surface area contributed by atoms with Gasteiger partial charge in [0.05, 0.1) is 6.54 Å². The molecule has 0 radical (unpaired) electrons. The quantitative estimate of drug-likeness (QED) is 0.678. The van der Waals surface area contributed by atoms with Gasteiger partial charge in [0.15, 0.2) is 0 Å². The number of urea groups is 1. The Balaban J connectivity index is 1.30. The van der Waals surface area contributed by atoms with Crippen molar-refractivity contribution >= 4 is 23.8 Å². The standard InChI is InChI=1S/C19H23N5O4/c25-16-9-22-19(28)24(16)11-17(26)23-6-3-13-7-14(15(13)10-23)18(27)21-8-12-1-4-20-5-2-12/h1-2,4-5,13-15H,3,6-11H2,(H,21,27)(H,22,28)/t13-,14-,15-/m1/s1. The highest BCUT2D eigenvalue weighted by Crippen LogP contribution is 2.45. The van der Waals surface area contributed by atoms with Crippen LogP contribution >= 0.6 is 0 Å². The normalized spacial score (nSPS) is 26.4. The molecule has 4 rings (SSSR count). The van der Waals surface area contributed by atoms with Crippen LogP contribution in [0.1, 0.15) is 18.4 Å². The maximum atomic E-state index is 12.6. The van der Waals surface area contributed by atoms with Gasteiger partial charge in [0.1, 0.15) is 6.54 Å². The van der Waals surface area contributed by atoms with Gasteiger partial charge >= 0.3 is 6.03 Å². The van der Waals surface area contributed by atoms with E-state index in [1.54, 1.807) is 17.3 Å². The number of pyridine rings is 1. The van der Waals surface area contributed by atoms with Crippen molar-refractivity contribution in [3.05, 3.63) is 30.1 Å². The number of nitrogens with one attached hydrogen (secondary N) is 2. The van der Waals surface area contributed by atoms with Crippen LogP contribution in [0.3, 0.4) is 0 Å². The van der Waals surface area contributed by atoms with Crippen molar-refractivity contribution in [2.75, 3.05) is 26.2 Å². The first kappa shape index (κ1) is 18.4. The largest absolute Gasteiger partial charge is 0.352 e. The van der Waals surface area contributed by atoms with Crippen LogP contribution in [-0.4, -0.2) is 64.7 Å². The van der Waals surface area contributed by atoms with Gasteiger partial charge in [-0.25, -0.2) is 4.79 Å². The van der Waals surface area contributed by atoms with Crippen LogP contribution in [0, 0.1) is 17.8 Å². The summed E-state index contributed by atoms with van der Waals surface area (Å²) in [5.74, 6) is -0.117. The Morgan fingerprint density at radius 1 is 1.25 bits per heavy atom. The van der Waals surface area contributed by atoms with E-state index in [-0.39, 0.29) is 42.6 Å². The summed E-state index contributed by atoms with van der Waals surface area (Å²) in [7, 11) is 0. The number of imide groups is 1. The lowest BCUT2D eigenvalue weighted by Crippen LogP contribution is -2.57. The molecule has 1 saturated carbocycles. The zero-order chi connectivity index (χ0) is 19.7. The van der Waals surface area contributed by atoms with Crippen molar-refractivity contribution in [3.8, 4) is 0 Å². The van der Waals surface area contributed by atoms with Gasteiger partial charge in [0, 0.05) is 37.9 Å². The zero-order valence-electron chi connectivity index (χ0n) is 15.5. The van der Waals surface area contributed by atoms with Crippen LogP contribution in [0.2, 0.25) is 0 Å².